The molecule has 2 heteroatoms. The van der Waals surface area contributed by atoms with Gasteiger partial charge in [-0.2, -0.15) is 0 Å². The Balaban J connectivity index is 2.31. The van der Waals surface area contributed by atoms with Gasteiger partial charge in [0.05, 0.1) is 6.04 Å². The molecule has 0 heterocycles. The summed E-state index contributed by atoms with van der Waals surface area (Å²) in [4.78, 5) is 0. The van der Waals surface area contributed by atoms with Gasteiger partial charge in [0.1, 0.15) is 0 Å². The van der Waals surface area contributed by atoms with Gasteiger partial charge in [-0.25, -0.2) is 5.43 Å². The number of hydrogen-bond donors (Lipinski definition) is 2. The van der Waals surface area contributed by atoms with Crippen molar-refractivity contribution in [2.24, 2.45) is 5.84 Å². The molecule has 0 spiro atoms. The zero-order valence-corrected chi connectivity index (χ0v) is 12.4. The standard InChI is InChI=1S/C18H24N2/c1-3-7-14-10-12-16(13-11-14)18(20-19)17-9-6-5-8-15(17)4-2/h5-6,8-13,18,20H,3-4,7,19H2,1-2H3. The lowest BCUT2D eigenvalue weighted by molar-refractivity contribution is 0.631. The molecule has 0 aliphatic heterocycles. The number of hydrazine groups is 1. The van der Waals surface area contributed by atoms with Gasteiger partial charge in [-0.1, -0.05) is 68.8 Å². The molecule has 2 aromatic carbocycles. The monoisotopic (exact) mass is 268 g/mol. The van der Waals surface area contributed by atoms with E-state index in [1.54, 1.807) is 0 Å². The predicted octanol–water partition coefficient (Wildman–Crippen LogP) is 3.75. The molecule has 1 atom stereocenters. The van der Waals surface area contributed by atoms with Gasteiger partial charge in [-0.05, 0) is 35.1 Å². The lowest BCUT2D eigenvalue weighted by Crippen LogP contribution is -2.29. The van der Waals surface area contributed by atoms with E-state index in [0.29, 0.717) is 0 Å². The van der Waals surface area contributed by atoms with Crippen molar-refractivity contribution in [3.8, 4) is 0 Å². The molecule has 2 aromatic rings. The molecule has 2 rings (SSSR count). The number of nitrogens with one attached hydrogen (secondary N) is 1. The molecule has 0 aliphatic carbocycles. The van der Waals surface area contributed by atoms with Crippen LogP contribution in [0.4, 0.5) is 0 Å². The molecule has 0 saturated heterocycles. The Bertz CT molecular complexity index is 531. The second-order valence-electron chi connectivity index (χ2n) is 5.14. The molecule has 2 nitrogen and oxygen atoms in total. The minimum Gasteiger partial charge on any atom is -0.271 e. The van der Waals surface area contributed by atoms with Crippen molar-refractivity contribution in [1.29, 1.82) is 0 Å². The van der Waals surface area contributed by atoms with Crippen LogP contribution in [0.2, 0.25) is 0 Å². The number of rotatable bonds is 6. The molecule has 106 valence electrons. The molecule has 0 saturated carbocycles. The maximum absolute atomic E-state index is 5.81. The lowest BCUT2D eigenvalue weighted by Gasteiger charge is -2.20. The van der Waals surface area contributed by atoms with Crippen LogP contribution in [0.1, 0.15) is 48.6 Å². The van der Waals surface area contributed by atoms with Gasteiger partial charge in [0.15, 0.2) is 0 Å². The van der Waals surface area contributed by atoms with E-state index >= 15 is 0 Å². The van der Waals surface area contributed by atoms with Crippen LogP contribution in [0.3, 0.4) is 0 Å². The highest BCUT2D eigenvalue weighted by Crippen LogP contribution is 2.25. The Morgan fingerprint density at radius 3 is 2.30 bits per heavy atom. The van der Waals surface area contributed by atoms with Crippen molar-refractivity contribution in [3.05, 3.63) is 70.8 Å². The smallest absolute Gasteiger partial charge is 0.0712 e. The summed E-state index contributed by atoms with van der Waals surface area (Å²) >= 11 is 0. The van der Waals surface area contributed by atoms with Crippen molar-refractivity contribution in [2.75, 3.05) is 0 Å². The summed E-state index contributed by atoms with van der Waals surface area (Å²) in [7, 11) is 0. The number of hydrogen-bond acceptors (Lipinski definition) is 2. The summed E-state index contributed by atoms with van der Waals surface area (Å²) in [6, 6.07) is 17.3. The maximum Gasteiger partial charge on any atom is 0.0712 e. The molecule has 0 bridgehead atoms. The quantitative estimate of drug-likeness (QED) is 0.618. The van der Waals surface area contributed by atoms with Crippen LogP contribution in [0.15, 0.2) is 48.5 Å². The van der Waals surface area contributed by atoms with E-state index in [-0.39, 0.29) is 6.04 Å². The first-order valence-electron chi connectivity index (χ1n) is 7.42. The molecule has 20 heavy (non-hydrogen) atoms. The van der Waals surface area contributed by atoms with Crippen molar-refractivity contribution in [2.45, 2.75) is 39.2 Å². The fourth-order valence-corrected chi connectivity index (χ4v) is 2.67. The van der Waals surface area contributed by atoms with Gasteiger partial charge in [0.25, 0.3) is 0 Å². The maximum atomic E-state index is 5.81. The third-order valence-electron chi connectivity index (χ3n) is 3.77. The zero-order chi connectivity index (χ0) is 14.4. The van der Waals surface area contributed by atoms with E-state index in [9.17, 15) is 0 Å². The van der Waals surface area contributed by atoms with Crippen LogP contribution in [0, 0.1) is 0 Å². The first kappa shape index (κ1) is 14.8. The molecule has 0 amide bonds. The summed E-state index contributed by atoms with van der Waals surface area (Å²) in [6.07, 6.45) is 3.32. The van der Waals surface area contributed by atoms with Gasteiger partial charge in [-0.15, -0.1) is 0 Å². The van der Waals surface area contributed by atoms with Crippen LogP contribution in [0.5, 0.6) is 0 Å². The van der Waals surface area contributed by atoms with Gasteiger partial charge in [-0.3, -0.25) is 5.84 Å². The van der Waals surface area contributed by atoms with Crippen molar-refractivity contribution < 1.29 is 0 Å². The van der Waals surface area contributed by atoms with E-state index < -0.39 is 0 Å². The molecule has 3 N–H and O–H groups in total. The zero-order valence-electron chi connectivity index (χ0n) is 12.4. The Morgan fingerprint density at radius 1 is 1.00 bits per heavy atom. The molecule has 0 fully saturated rings. The third-order valence-corrected chi connectivity index (χ3v) is 3.77. The lowest BCUT2D eigenvalue weighted by atomic mass is 9.93. The van der Waals surface area contributed by atoms with Gasteiger partial charge >= 0.3 is 0 Å². The van der Waals surface area contributed by atoms with E-state index in [4.69, 9.17) is 5.84 Å². The molecule has 0 aliphatic rings. The van der Waals surface area contributed by atoms with Crippen molar-refractivity contribution in [3.63, 3.8) is 0 Å². The highest BCUT2D eigenvalue weighted by atomic mass is 15.2. The van der Waals surface area contributed by atoms with Crippen LogP contribution < -0.4 is 11.3 Å². The molecule has 0 radical (unpaired) electrons. The predicted molar refractivity (Wildman–Crippen MR) is 85.4 cm³/mol. The second-order valence-corrected chi connectivity index (χ2v) is 5.14. The number of aryl methyl sites for hydroxylation is 2. The fourth-order valence-electron chi connectivity index (χ4n) is 2.67. The highest BCUT2D eigenvalue weighted by molar-refractivity contribution is 5.38. The van der Waals surface area contributed by atoms with Crippen molar-refractivity contribution in [1.82, 2.24) is 5.43 Å². The second kappa shape index (κ2) is 7.22. The SMILES string of the molecule is CCCc1ccc(C(NN)c2ccccc2CC)cc1. The number of nitrogens with two attached hydrogens (primary N) is 1. The first-order chi connectivity index (χ1) is 9.80. The average Bonchev–Trinajstić information content (AvgIpc) is 2.50. The van der Waals surface area contributed by atoms with E-state index in [1.807, 2.05) is 0 Å². The minimum absolute atomic E-state index is 0.0572. The fraction of sp³-hybridized carbons (Fsp3) is 0.333. The largest absolute Gasteiger partial charge is 0.271 e. The third kappa shape index (κ3) is 3.27. The minimum atomic E-state index is 0.0572. The van der Waals surface area contributed by atoms with E-state index in [2.05, 4.69) is 67.8 Å². The van der Waals surface area contributed by atoms with Gasteiger partial charge in [0, 0.05) is 0 Å². The summed E-state index contributed by atoms with van der Waals surface area (Å²) in [5, 5.41) is 0. The van der Waals surface area contributed by atoms with Gasteiger partial charge in [0.2, 0.25) is 0 Å². The molecular formula is C18H24N2. The molecule has 0 aromatic heterocycles. The topological polar surface area (TPSA) is 38.0 Å². The average molecular weight is 268 g/mol. The van der Waals surface area contributed by atoms with Gasteiger partial charge < -0.3 is 0 Å². The summed E-state index contributed by atoms with van der Waals surface area (Å²) < 4.78 is 0. The Labute approximate surface area is 122 Å². The molecule has 1 unspecified atom stereocenters. The Kier molecular flexibility index (Phi) is 5.33. The molecular weight excluding hydrogens is 244 g/mol. The Hall–Kier alpha value is -1.64. The Morgan fingerprint density at radius 2 is 1.70 bits per heavy atom. The van der Waals surface area contributed by atoms with Crippen LogP contribution in [0.25, 0.3) is 0 Å². The van der Waals surface area contributed by atoms with E-state index in [1.165, 1.54) is 28.7 Å². The van der Waals surface area contributed by atoms with Crippen LogP contribution in [-0.4, -0.2) is 0 Å². The highest BCUT2D eigenvalue weighted by Gasteiger charge is 2.14. The van der Waals surface area contributed by atoms with Crippen LogP contribution >= 0.6 is 0 Å². The normalized spacial score (nSPS) is 12.3. The summed E-state index contributed by atoms with van der Waals surface area (Å²) in [6.45, 7) is 4.38. The summed E-state index contributed by atoms with van der Waals surface area (Å²) in [5.41, 5.74) is 8.17. The van der Waals surface area contributed by atoms with Crippen molar-refractivity contribution >= 4 is 0 Å². The first-order valence-corrected chi connectivity index (χ1v) is 7.42. The summed E-state index contributed by atoms with van der Waals surface area (Å²) in [5.74, 6) is 5.81. The van der Waals surface area contributed by atoms with E-state index in [0.717, 1.165) is 12.8 Å². The van der Waals surface area contributed by atoms with Crippen LogP contribution in [-0.2, 0) is 12.8 Å². The number of benzene rings is 2.